The molecule has 0 bridgehead atoms. The number of rotatable bonds is 2. The fourth-order valence-electron chi connectivity index (χ4n) is 1.81. The van der Waals surface area contributed by atoms with Crippen LogP contribution in [0.15, 0.2) is 23.1 Å². The van der Waals surface area contributed by atoms with Crippen molar-refractivity contribution in [1.29, 1.82) is 0 Å². The summed E-state index contributed by atoms with van der Waals surface area (Å²) in [5.41, 5.74) is 0.613. The predicted octanol–water partition coefficient (Wildman–Crippen LogP) is 1.67. The Morgan fingerprint density at radius 1 is 1.44 bits per heavy atom. The quantitative estimate of drug-likeness (QED) is 0.855. The summed E-state index contributed by atoms with van der Waals surface area (Å²) in [6.07, 6.45) is 0.628. The fourth-order valence-corrected chi connectivity index (χ4v) is 3.32. The molecule has 0 atom stereocenters. The Morgan fingerprint density at radius 2 is 2.25 bits per heavy atom. The van der Waals surface area contributed by atoms with Crippen LogP contribution in [0, 0.1) is 0 Å². The molecule has 0 unspecified atom stereocenters. The fraction of sp³-hybridized carbons (Fsp3) is 0.455. The summed E-state index contributed by atoms with van der Waals surface area (Å²) in [6.45, 7) is 3.07. The van der Waals surface area contributed by atoms with Crippen LogP contribution in [-0.4, -0.2) is 27.3 Å². The van der Waals surface area contributed by atoms with Crippen molar-refractivity contribution in [2.24, 2.45) is 0 Å². The lowest BCUT2D eigenvalue weighted by Crippen LogP contribution is -2.06. The number of hydrogen-bond acceptors (Lipinski definition) is 4. The molecule has 0 saturated heterocycles. The molecule has 1 aromatic carbocycles. The summed E-state index contributed by atoms with van der Waals surface area (Å²) in [7, 11) is -3.16. The zero-order chi connectivity index (χ0) is 11.6. The third-order valence-corrected chi connectivity index (χ3v) is 4.35. The molecule has 1 aliphatic rings. The van der Waals surface area contributed by atoms with Crippen molar-refractivity contribution < 1.29 is 13.2 Å². The first-order chi connectivity index (χ1) is 7.65. The number of para-hydroxylation sites is 1. The number of ether oxygens (including phenoxy) is 1. The van der Waals surface area contributed by atoms with E-state index in [-0.39, 0.29) is 5.75 Å². The Morgan fingerprint density at radius 3 is 3.00 bits per heavy atom. The van der Waals surface area contributed by atoms with Crippen molar-refractivity contribution >= 4 is 15.5 Å². The third kappa shape index (κ3) is 2.00. The minimum atomic E-state index is -3.16. The van der Waals surface area contributed by atoms with E-state index in [0.29, 0.717) is 35.9 Å². The largest absolute Gasteiger partial charge is 0.492 e. The van der Waals surface area contributed by atoms with Crippen molar-refractivity contribution in [2.75, 3.05) is 24.2 Å². The first-order valence-electron chi connectivity index (χ1n) is 5.37. The number of benzene rings is 1. The lowest BCUT2D eigenvalue weighted by molar-refractivity contribution is 0.341. The Labute approximate surface area is 95.5 Å². The molecule has 0 aliphatic carbocycles. The number of anilines is 1. The van der Waals surface area contributed by atoms with E-state index in [2.05, 4.69) is 5.32 Å². The molecule has 0 radical (unpaired) electrons. The van der Waals surface area contributed by atoms with Crippen molar-refractivity contribution in [3.8, 4) is 5.75 Å². The average molecular weight is 241 g/mol. The molecule has 4 nitrogen and oxygen atoms in total. The Kier molecular flexibility index (Phi) is 3.05. The minimum Gasteiger partial charge on any atom is -0.492 e. The van der Waals surface area contributed by atoms with Crippen LogP contribution in [0.4, 0.5) is 5.69 Å². The van der Waals surface area contributed by atoms with Gasteiger partial charge in [0.15, 0.2) is 9.84 Å². The van der Waals surface area contributed by atoms with Gasteiger partial charge in [0.1, 0.15) is 5.75 Å². The second-order valence-corrected chi connectivity index (χ2v) is 5.74. The summed E-state index contributed by atoms with van der Waals surface area (Å²) in [6, 6.07) is 5.13. The normalized spacial score (nSPS) is 18.1. The van der Waals surface area contributed by atoms with Crippen LogP contribution in [-0.2, 0) is 9.84 Å². The van der Waals surface area contributed by atoms with Gasteiger partial charge in [0.05, 0.1) is 22.9 Å². The molecule has 2 rings (SSSR count). The molecule has 1 heterocycles. The Balaban J connectivity index is 2.56. The van der Waals surface area contributed by atoms with Crippen molar-refractivity contribution in [3.05, 3.63) is 18.2 Å². The summed E-state index contributed by atoms with van der Waals surface area (Å²) < 4.78 is 29.3. The lowest BCUT2D eigenvalue weighted by Gasteiger charge is -2.13. The van der Waals surface area contributed by atoms with Crippen LogP contribution in [0.5, 0.6) is 5.75 Å². The highest BCUT2D eigenvalue weighted by Gasteiger charge is 2.23. The minimum absolute atomic E-state index is 0.197. The number of hydrogen-bond donors (Lipinski definition) is 1. The van der Waals surface area contributed by atoms with Gasteiger partial charge in [-0.25, -0.2) is 8.42 Å². The SMILES string of the molecule is CCOc1cccc2c1NCCCS2(=O)=O. The van der Waals surface area contributed by atoms with Crippen molar-refractivity contribution in [3.63, 3.8) is 0 Å². The van der Waals surface area contributed by atoms with Crippen molar-refractivity contribution in [1.82, 2.24) is 0 Å². The Bertz CT molecular complexity index is 482. The first-order valence-corrected chi connectivity index (χ1v) is 7.03. The summed E-state index contributed by atoms with van der Waals surface area (Å²) in [5.74, 6) is 0.813. The smallest absolute Gasteiger partial charge is 0.180 e. The highest BCUT2D eigenvalue weighted by molar-refractivity contribution is 7.91. The molecular weight excluding hydrogens is 226 g/mol. The summed E-state index contributed by atoms with van der Waals surface area (Å²) >= 11 is 0. The standard InChI is InChI=1S/C11H15NO3S/c1-2-15-9-5-3-6-10-11(9)12-7-4-8-16(10,13)14/h3,5-6,12H,2,4,7-8H2,1H3. The molecular formula is C11H15NO3S. The van der Waals surface area contributed by atoms with E-state index in [1.807, 2.05) is 6.92 Å². The second-order valence-electron chi connectivity index (χ2n) is 3.66. The van der Waals surface area contributed by atoms with E-state index in [4.69, 9.17) is 4.74 Å². The van der Waals surface area contributed by atoms with Crippen LogP contribution in [0.2, 0.25) is 0 Å². The highest BCUT2D eigenvalue weighted by Crippen LogP contribution is 2.34. The number of nitrogens with one attached hydrogen (secondary N) is 1. The van der Waals surface area contributed by atoms with Crippen LogP contribution >= 0.6 is 0 Å². The number of fused-ring (bicyclic) bond motifs is 1. The van der Waals surface area contributed by atoms with Gasteiger partial charge in [0.2, 0.25) is 0 Å². The van der Waals surface area contributed by atoms with Gasteiger partial charge < -0.3 is 10.1 Å². The molecule has 1 aliphatic heterocycles. The van der Waals surface area contributed by atoms with Gasteiger partial charge in [-0.1, -0.05) is 6.07 Å². The number of sulfone groups is 1. The van der Waals surface area contributed by atoms with Crippen LogP contribution in [0.1, 0.15) is 13.3 Å². The van der Waals surface area contributed by atoms with Gasteiger partial charge in [0.25, 0.3) is 0 Å². The maximum Gasteiger partial charge on any atom is 0.180 e. The van der Waals surface area contributed by atoms with E-state index in [0.717, 1.165) is 0 Å². The maximum absolute atomic E-state index is 12.0. The van der Waals surface area contributed by atoms with E-state index in [1.54, 1.807) is 18.2 Å². The predicted molar refractivity (Wildman–Crippen MR) is 62.8 cm³/mol. The van der Waals surface area contributed by atoms with E-state index >= 15 is 0 Å². The van der Waals surface area contributed by atoms with E-state index in [1.165, 1.54) is 0 Å². The van der Waals surface area contributed by atoms with E-state index in [9.17, 15) is 8.42 Å². The van der Waals surface area contributed by atoms with Gasteiger partial charge in [-0.2, -0.15) is 0 Å². The molecule has 0 aromatic heterocycles. The molecule has 0 saturated carbocycles. The third-order valence-electron chi connectivity index (χ3n) is 2.51. The van der Waals surface area contributed by atoms with Gasteiger partial charge in [-0.15, -0.1) is 0 Å². The Hall–Kier alpha value is -1.23. The topological polar surface area (TPSA) is 55.4 Å². The molecule has 1 N–H and O–H groups in total. The maximum atomic E-state index is 12.0. The molecule has 88 valence electrons. The van der Waals surface area contributed by atoms with Crippen molar-refractivity contribution in [2.45, 2.75) is 18.2 Å². The first kappa shape index (κ1) is 11.3. The zero-order valence-corrected chi connectivity index (χ0v) is 10.0. The van der Waals surface area contributed by atoms with Crippen LogP contribution < -0.4 is 10.1 Å². The van der Waals surface area contributed by atoms with Gasteiger partial charge in [0, 0.05) is 6.54 Å². The van der Waals surface area contributed by atoms with Gasteiger partial charge in [-0.05, 0) is 25.5 Å². The highest BCUT2D eigenvalue weighted by atomic mass is 32.2. The molecule has 0 amide bonds. The molecule has 5 heteroatoms. The van der Waals surface area contributed by atoms with Gasteiger partial charge >= 0.3 is 0 Å². The van der Waals surface area contributed by atoms with E-state index < -0.39 is 9.84 Å². The monoisotopic (exact) mass is 241 g/mol. The summed E-state index contributed by atoms with van der Waals surface area (Å²) in [5, 5.41) is 3.13. The molecule has 1 aromatic rings. The zero-order valence-electron chi connectivity index (χ0n) is 9.19. The average Bonchev–Trinajstić information content (AvgIpc) is 2.40. The van der Waals surface area contributed by atoms with Crippen LogP contribution in [0.3, 0.4) is 0 Å². The summed E-state index contributed by atoms with van der Waals surface area (Å²) in [4.78, 5) is 0.357. The second kappa shape index (κ2) is 4.33. The molecule has 16 heavy (non-hydrogen) atoms. The van der Waals surface area contributed by atoms with Gasteiger partial charge in [-0.3, -0.25) is 0 Å². The van der Waals surface area contributed by atoms with Crippen LogP contribution in [0.25, 0.3) is 0 Å². The molecule has 0 fully saturated rings. The molecule has 0 spiro atoms. The lowest BCUT2D eigenvalue weighted by atomic mass is 10.3.